The molecule has 1 aromatic rings. The Morgan fingerprint density at radius 1 is 1.39 bits per heavy atom. The van der Waals surface area contributed by atoms with E-state index in [1.807, 2.05) is 12.4 Å². The number of pyridine rings is 1. The van der Waals surface area contributed by atoms with E-state index < -0.39 is 0 Å². The van der Waals surface area contributed by atoms with Gasteiger partial charge < -0.3 is 4.90 Å². The van der Waals surface area contributed by atoms with Gasteiger partial charge in [0.1, 0.15) is 0 Å². The van der Waals surface area contributed by atoms with E-state index in [0.29, 0.717) is 5.88 Å². The van der Waals surface area contributed by atoms with Crippen molar-refractivity contribution in [1.29, 1.82) is 0 Å². The number of halogens is 1. The summed E-state index contributed by atoms with van der Waals surface area (Å²) in [5, 5.41) is 0. The zero-order chi connectivity index (χ0) is 12.8. The predicted octanol–water partition coefficient (Wildman–Crippen LogP) is 4.23. The van der Waals surface area contributed by atoms with Gasteiger partial charge in [-0.05, 0) is 31.2 Å². The Hall–Kier alpha value is -0.760. The Balaban J connectivity index is 2.05. The summed E-state index contributed by atoms with van der Waals surface area (Å²) in [6.45, 7) is 4.61. The molecule has 1 saturated heterocycles. The molecule has 0 saturated carbocycles. The van der Waals surface area contributed by atoms with E-state index >= 15 is 0 Å². The fourth-order valence-corrected chi connectivity index (χ4v) is 3.14. The molecule has 0 aliphatic carbocycles. The maximum atomic E-state index is 6.00. The van der Waals surface area contributed by atoms with Gasteiger partial charge in [-0.2, -0.15) is 0 Å². The van der Waals surface area contributed by atoms with E-state index in [1.165, 1.54) is 44.3 Å². The quantitative estimate of drug-likeness (QED) is 0.759. The van der Waals surface area contributed by atoms with Crippen LogP contribution in [0.15, 0.2) is 18.5 Å². The molecule has 18 heavy (non-hydrogen) atoms. The summed E-state index contributed by atoms with van der Waals surface area (Å²) in [7, 11) is 0. The highest BCUT2D eigenvalue weighted by molar-refractivity contribution is 6.17. The van der Waals surface area contributed by atoms with Crippen molar-refractivity contribution in [3.8, 4) is 0 Å². The molecule has 100 valence electrons. The summed E-state index contributed by atoms with van der Waals surface area (Å²) in [6, 6.07) is 2.11. The second-order valence-corrected chi connectivity index (χ2v) is 5.48. The number of alkyl halides is 1. The lowest BCUT2D eigenvalue weighted by Crippen LogP contribution is -2.25. The van der Waals surface area contributed by atoms with Crippen molar-refractivity contribution in [1.82, 2.24) is 4.98 Å². The van der Waals surface area contributed by atoms with Crippen LogP contribution in [0.3, 0.4) is 0 Å². The molecule has 1 fully saturated rings. The van der Waals surface area contributed by atoms with Crippen LogP contribution in [0.5, 0.6) is 0 Å². The van der Waals surface area contributed by atoms with Gasteiger partial charge in [0, 0.05) is 36.7 Å². The van der Waals surface area contributed by atoms with Crippen molar-refractivity contribution < 1.29 is 0 Å². The van der Waals surface area contributed by atoms with E-state index in [4.69, 9.17) is 11.6 Å². The summed E-state index contributed by atoms with van der Waals surface area (Å²) in [5.41, 5.74) is 2.45. The van der Waals surface area contributed by atoms with Crippen molar-refractivity contribution in [3.63, 3.8) is 0 Å². The Morgan fingerprint density at radius 2 is 2.28 bits per heavy atom. The average Bonchev–Trinajstić information content (AvgIpc) is 2.65. The van der Waals surface area contributed by atoms with Crippen LogP contribution in [0.2, 0.25) is 0 Å². The highest BCUT2D eigenvalue weighted by atomic mass is 35.5. The van der Waals surface area contributed by atoms with Crippen molar-refractivity contribution in [3.05, 3.63) is 24.0 Å². The highest BCUT2D eigenvalue weighted by Crippen LogP contribution is 2.27. The molecule has 2 rings (SSSR count). The molecule has 0 spiro atoms. The molecule has 2 nitrogen and oxygen atoms in total. The van der Waals surface area contributed by atoms with Crippen LogP contribution >= 0.6 is 11.6 Å². The summed E-state index contributed by atoms with van der Waals surface area (Å²) in [5.74, 6) is 1.47. The maximum absolute atomic E-state index is 6.00. The summed E-state index contributed by atoms with van der Waals surface area (Å²) in [4.78, 5) is 6.66. The van der Waals surface area contributed by atoms with Gasteiger partial charge >= 0.3 is 0 Å². The lowest BCUT2D eigenvalue weighted by molar-refractivity contribution is 0.435. The smallest absolute Gasteiger partial charge is 0.0509 e. The third-order valence-corrected chi connectivity index (χ3v) is 4.20. The first-order valence-electron chi connectivity index (χ1n) is 7.09. The zero-order valence-electron chi connectivity index (χ0n) is 11.2. The third kappa shape index (κ3) is 3.38. The van der Waals surface area contributed by atoms with Crippen LogP contribution in [0.25, 0.3) is 0 Å². The molecule has 2 heterocycles. The molecule has 3 heteroatoms. The number of rotatable bonds is 4. The molecule has 0 amide bonds. The van der Waals surface area contributed by atoms with E-state index in [-0.39, 0.29) is 0 Å². The Bertz CT molecular complexity index is 367. The Morgan fingerprint density at radius 3 is 3.06 bits per heavy atom. The normalized spacial score (nSPS) is 20.8. The van der Waals surface area contributed by atoms with Gasteiger partial charge in [-0.1, -0.05) is 19.8 Å². The molecule has 1 aliphatic heterocycles. The number of nitrogens with zero attached hydrogens (tertiary/aromatic N) is 2. The minimum absolute atomic E-state index is 0.554. The van der Waals surface area contributed by atoms with Gasteiger partial charge in [-0.15, -0.1) is 11.6 Å². The minimum Gasteiger partial charge on any atom is -0.371 e. The van der Waals surface area contributed by atoms with Crippen molar-refractivity contribution >= 4 is 17.3 Å². The van der Waals surface area contributed by atoms with E-state index in [1.54, 1.807) is 0 Å². The van der Waals surface area contributed by atoms with Gasteiger partial charge in [0.05, 0.1) is 5.88 Å². The standard InChI is InChI=1S/C15H23ClN2/c1-2-4-13-5-3-9-18(10-7-13)15-6-8-17-12-14(15)11-16/h6,8,12-13H,2-5,7,9-11H2,1H3. The van der Waals surface area contributed by atoms with Gasteiger partial charge in [-0.3, -0.25) is 4.98 Å². The Labute approximate surface area is 115 Å². The maximum Gasteiger partial charge on any atom is 0.0509 e. The summed E-state index contributed by atoms with van der Waals surface area (Å²) in [6.07, 6.45) is 10.5. The van der Waals surface area contributed by atoms with Crippen LogP contribution in [-0.4, -0.2) is 18.1 Å². The molecule has 1 aliphatic rings. The molecule has 0 aromatic carbocycles. The summed E-state index contributed by atoms with van der Waals surface area (Å²) < 4.78 is 0. The van der Waals surface area contributed by atoms with E-state index in [0.717, 1.165) is 18.0 Å². The van der Waals surface area contributed by atoms with Crippen LogP contribution in [0.4, 0.5) is 5.69 Å². The fourth-order valence-electron chi connectivity index (χ4n) is 2.93. The van der Waals surface area contributed by atoms with Crippen LogP contribution < -0.4 is 4.90 Å². The summed E-state index contributed by atoms with van der Waals surface area (Å²) >= 11 is 6.00. The van der Waals surface area contributed by atoms with Gasteiger partial charge in [0.2, 0.25) is 0 Å². The fraction of sp³-hybridized carbons (Fsp3) is 0.667. The minimum atomic E-state index is 0.554. The third-order valence-electron chi connectivity index (χ3n) is 3.91. The van der Waals surface area contributed by atoms with Gasteiger partial charge in [-0.25, -0.2) is 0 Å². The first-order valence-corrected chi connectivity index (χ1v) is 7.62. The molecular formula is C15H23ClN2. The second-order valence-electron chi connectivity index (χ2n) is 5.21. The van der Waals surface area contributed by atoms with Crippen molar-refractivity contribution in [2.45, 2.75) is 44.9 Å². The molecule has 1 atom stereocenters. The molecular weight excluding hydrogens is 244 g/mol. The highest BCUT2D eigenvalue weighted by Gasteiger charge is 2.18. The Kier molecular flexibility index (Phi) is 5.30. The average molecular weight is 267 g/mol. The number of anilines is 1. The van der Waals surface area contributed by atoms with Crippen LogP contribution in [0.1, 0.15) is 44.6 Å². The second kappa shape index (κ2) is 6.98. The van der Waals surface area contributed by atoms with E-state index in [9.17, 15) is 0 Å². The van der Waals surface area contributed by atoms with Crippen molar-refractivity contribution in [2.24, 2.45) is 5.92 Å². The largest absolute Gasteiger partial charge is 0.371 e. The number of hydrogen-bond donors (Lipinski definition) is 0. The lowest BCUT2D eigenvalue weighted by Gasteiger charge is -2.24. The molecule has 1 unspecified atom stereocenters. The van der Waals surface area contributed by atoms with Gasteiger partial charge in [0.15, 0.2) is 0 Å². The monoisotopic (exact) mass is 266 g/mol. The van der Waals surface area contributed by atoms with E-state index in [2.05, 4.69) is 22.9 Å². The first-order chi connectivity index (χ1) is 8.85. The molecule has 0 radical (unpaired) electrons. The van der Waals surface area contributed by atoms with Crippen LogP contribution in [-0.2, 0) is 5.88 Å². The molecule has 0 bridgehead atoms. The number of hydrogen-bond acceptors (Lipinski definition) is 2. The van der Waals surface area contributed by atoms with Gasteiger partial charge in [0.25, 0.3) is 0 Å². The first kappa shape index (κ1) is 13.7. The SMILES string of the molecule is CCCC1CCCN(c2ccncc2CCl)CC1. The molecule has 0 N–H and O–H groups in total. The molecule has 1 aromatic heterocycles. The topological polar surface area (TPSA) is 16.1 Å². The lowest BCUT2D eigenvalue weighted by atomic mass is 9.96. The number of aromatic nitrogens is 1. The zero-order valence-corrected chi connectivity index (χ0v) is 12.0. The predicted molar refractivity (Wildman–Crippen MR) is 78.3 cm³/mol. The van der Waals surface area contributed by atoms with Crippen molar-refractivity contribution in [2.75, 3.05) is 18.0 Å². The van der Waals surface area contributed by atoms with Crippen LogP contribution in [0, 0.1) is 5.92 Å².